The summed E-state index contributed by atoms with van der Waals surface area (Å²) in [7, 11) is 0. The van der Waals surface area contributed by atoms with Gasteiger partial charge in [0.2, 0.25) is 47.3 Å². The molecule has 0 heterocycles. The number of rotatable bonds is 34. The molecule has 8 amide bonds. The number of nitrogens with two attached hydrogens (primary N) is 10. The Morgan fingerprint density at radius 1 is 0.486 bits per heavy atom. The highest BCUT2D eigenvalue weighted by Crippen LogP contribution is 2.23. The van der Waals surface area contributed by atoms with E-state index in [-0.39, 0.29) is 114 Å². The summed E-state index contributed by atoms with van der Waals surface area (Å²) in [6.07, 6.45) is -0.145. The van der Waals surface area contributed by atoms with Crippen LogP contribution in [0, 0.1) is 0 Å². The summed E-state index contributed by atoms with van der Waals surface area (Å²) < 4.78 is 0. The Labute approximate surface area is 433 Å². The molecule has 0 saturated heterocycles. The zero-order valence-electron chi connectivity index (χ0n) is 40.3. The number of carbonyl (C=O) groups excluding carboxylic acids is 8. The lowest BCUT2D eigenvalue weighted by Gasteiger charge is -2.29. The van der Waals surface area contributed by atoms with Crippen molar-refractivity contribution in [3.05, 3.63) is 0 Å². The summed E-state index contributed by atoms with van der Waals surface area (Å²) in [5.41, 5.74) is 54.6. The topological polar surface area (TPSA) is 568 Å². The van der Waals surface area contributed by atoms with E-state index in [1.807, 2.05) is 0 Å². The first-order valence-electron chi connectivity index (χ1n) is 22.0. The molecule has 0 saturated carbocycles. The van der Waals surface area contributed by atoms with Gasteiger partial charge in [0, 0.05) is 38.4 Å². The second-order valence-corrected chi connectivity index (χ2v) is 17.4. The zero-order valence-corrected chi connectivity index (χ0v) is 42.9. The molecule has 410 valence electrons. The standard InChI is InChI=1S/C38H73N21O10S2.ClH/c1-17(27(62)56-20(26(39)61)8-4-12-49-34(40)41)53-29(64)21(9-5-13-50-35(42)43)58-31(66)23(11-7-15-52-37(46)47)59-30(65)22(10-6-14-51-36(44)45)57-28(63)18(2)54-32(67)24(55-19(3)60)16-25(70)38(48,71)33(68)69;/h17-18,20-25,70-71H,4-16,48H2,1-3H3,(H2,39,61)(H,53,64)(H,54,67)(H,55,60)(H,56,62)(H,57,63)(H,58,66)(H,59,65)(H,68,69)(H4,40,41,49)(H4,42,43,50)(H4,44,45,51)(H4,46,47,52);1H/t17-,18?,20-,21-,22+,23+,24-,25?,38-;/m0./s1. The van der Waals surface area contributed by atoms with Gasteiger partial charge >= 0.3 is 5.97 Å². The monoisotopic (exact) mass is 1080 g/mol. The van der Waals surface area contributed by atoms with Crippen molar-refractivity contribution in [2.75, 3.05) is 26.2 Å². The van der Waals surface area contributed by atoms with E-state index in [0.717, 1.165) is 6.92 Å². The molecule has 28 N–H and O–H groups in total. The summed E-state index contributed by atoms with van der Waals surface area (Å²) >= 11 is 8.07. The average molecular weight is 1080 g/mol. The number of nitrogens with zero attached hydrogens (tertiary/aromatic N) is 4. The van der Waals surface area contributed by atoms with E-state index in [1.165, 1.54) is 13.8 Å². The minimum absolute atomic E-state index is 0. The maximum atomic E-state index is 14.1. The largest absolute Gasteiger partial charge is 0.479 e. The Balaban J connectivity index is 0. The Morgan fingerprint density at radius 3 is 1.06 bits per heavy atom. The van der Waals surface area contributed by atoms with Gasteiger partial charge in [-0.1, -0.05) is 0 Å². The molecule has 0 rings (SSSR count). The highest BCUT2D eigenvalue weighted by Gasteiger charge is 2.40. The van der Waals surface area contributed by atoms with Crippen molar-refractivity contribution >= 4 is 115 Å². The number of primary amides is 1. The molecular formula is C38H74ClN21O10S2. The van der Waals surface area contributed by atoms with Crippen molar-refractivity contribution in [3.63, 3.8) is 0 Å². The molecule has 0 aliphatic rings. The van der Waals surface area contributed by atoms with Crippen LogP contribution >= 0.6 is 37.7 Å². The van der Waals surface area contributed by atoms with Crippen molar-refractivity contribution in [1.29, 1.82) is 0 Å². The number of carboxylic acid groups (broad SMARTS) is 1. The first kappa shape index (κ1) is 67.3. The van der Waals surface area contributed by atoms with Crippen molar-refractivity contribution in [1.82, 2.24) is 37.2 Å². The summed E-state index contributed by atoms with van der Waals surface area (Å²) in [5.74, 6) is -9.38. The van der Waals surface area contributed by atoms with E-state index in [1.54, 1.807) is 0 Å². The van der Waals surface area contributed by atoms with Gasteiger partial charge in [0.25, 0.3) is 0 Å². The summed E-state index contributed by atoms with van der Waals surface area (Å²) in [4.78, 5) is 131. The third kappa shape index (κ3) is 28.2. The summed E-state index contributed by atoms with van der Waals surface area (Å²) in [6.45, 7) is 3.83. The van der Waals surface area contributed by atoms with Gasteiger partial charge in [0.05, 0.1) is 0 Å². The van der Waals surface area contributed by atoms with Gasteiger partial charge in [0.1, 0.15) is 42.3 Å². The summed E-state index contributed by atoms with van der Waals surface area (Å²) in [6, 6.07) is -9.52. The van der Waals surface area contributed by atoms with E-state index in [0.29, 0.717) is 0 Å². The number of aliphatic imine (C=N–C) groups is 4. The number of halogens is 1. The fourth-order valence-corrected chi connectivity index (χ4v) is 6.45. The van der Waals surface area contributed by atoms with Crippen LogP contribution in [0.2, 0.25) is 0 Å². The van der Waals surface area contributed by atoms with Crippen LogP contribution < -0.4 is 94.6 Å². The maximum Gasteiger partial charge on any atom is 0.335 e. The molecular weight excluding hydrogens is 1010 g/mol. The molecule has 9 atom stereocenters. The number of hydrogen-bond acceptors (Lipinski definition) is 16. The van der Waals surface area contributed by atoms with E-state index < -0.39 is 112 Å². The van der Waals surface area contributed by atoms with Gasteiger partial charge in [-0.15, -0.1) is 25.0 Å². The number of thiol groups is 2. The minimum Gasteiger partial charge on any atom is -0.479 e. The number of hydrogen-bond donors (Lipinski definition) is 20. The summed E-state index contributed by atoms with van der Waals surface area (Å²) in [5, 5.41) is 25.5. The van der Waals surface area contributed by atoms with Gasteiger partial charge in [-0.2, -0.15) is 12.6 Å². The molecule has 2 unspecified atom stereocenters. The van der Waals surface area contributed by atoms with Crippen LogP contribution in [0.5, 0.6) is 0 Å². The number of carboxylic acids is 1. The van der Waals surface area contributed by atoms with E-state index in [2.05, 4.69) is 82.4 Å². The van der Waals surface area contributed by atoms with Crippen molar-refractivity contribution in [3.8, 4) is 0 Å². The van der Waals surface area contributed by atoms with E-state index >= 15 is 0 Å². The maximum absolute atomic E-state index is 14.1. The molecule has 34 heteroatoms. The number of carbonyl (C=O) groups is 9. The molecule has 0 bridgehead atoms. The Bertz CT molecular complexity index is 1970. The lowest BCUT2D eigenvalue weighted by atomic mass is 10.0. The normalized spacial score (nSPS) is 14.8. The van der Waals surface area contributed by atoms with Gasteiger partial charge in [0.15, 0.2) is 28.7 Å². The number of nitrogens with one attached hydrogen (secondary N) is 7. The molecule has 0 radical (unpaired) electrons. The molecule has 0 fully saturated rings. The van der Waals surface area contributed by atoms with Crippen LogP contribution in [-0.2, 0) is 43.2 Å². The number of amides is 8. The lowest BCUT2D eigenvalue weighted by molar-refractivity contribution is -0.140. The highest BCUT2D eigenvalue weighted by molar-refractivity contribution is 7.86. The predicted octanol–water partition coefficient (Wildman–Crippen LogP) is -8.08. The van der Waals surface area contributed by atoms with Crippen LogP contribution in [0.15, 0.2) is 20.0 Å². The second kappa shape index (κ2) is 34.6. The Morgan fingerprint density at radius 2 is 0.764 bits per heavy atom. The van der Waals surface area contributed by atoms with E-state index in [4.69, 9.17) is 57.3 Å². The SMILES string of the molecule is CC(=O)N[C@@H](CC(S)[C@](N)(S)C(=O)O)C(=O)NC(C)C(=O)N[C@H](CCCN=C(N)N)C(=O)N[C@H](CCCN=C(N)N)C(=O)N[C@@H](CCCN=C(N)N)C(=O)N[C@@H](C)C(=O)N[C@@H](CCCN=C(N)N)C(N)=O.Cl. The van der Waals surface area contributed by atoms with Gasteiger partial charge < -0.3 is 99.7 Å². The van der Waals surface area contributed by atoms with E-state index in [9.17, 15) is 48.3 Å². The predicted molar refractivity (Wildman–Crippen MR) is 278 cm³/mol. The minimum atomic E-state index is -2.22. The molecule has 0 aromatic rings. The van der Waals surface area contributed by atoms with Gasteiger partial charge in [-0.25, -0.2) is 4.79 Å². The fourth-order valence-electron chi connectivity index (χ4n) is 6.03. The van der Waals surface area contributed by atoms with Gasteiger partial charge in [-0.3, -0.25) is 58.3 Å². The Hall–Kier alpha value is -6.74. The Kier molecular flexibility index (Phi) is 32.3. The highest BCUT2D eigenvalue weighted by atomic mass is 35.5. The molecule has 0 aromatic heterocycles. The van der Waals surface area contributed by atoms with Crippen LogP contribution in [0.4, 0.5) is 0 Å². The molecule has 31 nitrogen and oxygen atoms in total. The second-order valence-electron chi connectivity index (χ2n) is 16.0. The third-order valence-corrected chi connectivity index (χ3v) is 11.2. The number of aliphatic carboxylic acids is 1. The molecule has 0 spiro atoms. The first-order chi connectivity index (χ1) is 33.0. The molecule has 0 aromatic carbocycles. The van der Waals surface area contributed by atoms with Crippen molar-refractivity contribution < 1.29 is 48.3 Å². The lowest BCUT2D eigenvalue weighted by Crippen LogP contribution is -2.60. The van der Waals surface area contributed by atoms with Crippen LogP contribution in [-0.4, -0.2) is 161 Å². The van der Waals surface area contributed by atoms with Crippen molar-refractivity contribution in [2.24, 2.45) is 77.3 Å². The first-order valence-corrected chi connectivity index (χ1v) is 23.0. The number of guanidine groups is 4. The van der Waals surface area contributed by atoms with Gasteiger partial charge in [-0.05, 0) is 71.6 Å². The third-order valence-electron chi connectivity index (χ3n) is 9.85. The molecule has 0 aliphatic carbocycles. The van der Waals surface area contributed by atoms with Crippen molar-refractivity contribution in [2.45, 2.75) is 131 Å². The quantitative estimate of drug-likeness (QED) is 0.00935. The zero-order chi connectivity index (χ0) is 54.6. The van der Waals surface area contributed by atoms with Crippen LogP contribution in [0.25, 0.3) is 0 Å². The molecule has 0 aliphatic heterocycles. The fraction of sp³-hybridized carbons (Fsp3) is 0.658. The van der Waals surface area contributed by atoms with Crippen LogP contribution in [0.3, 0.4) is 0 Å². The van der Waals surface area contributed by atoms with Crippen LogP contribution in [0.1, 0.15) is 78.6 Å². The smallest absolute Gasteiger partial charge is 0.335 e. The molecule has 72 heavy (non-hydrogen) atoms. The average Bonchev–Trinajstić information content (AvgIpc) is 3.26.